The first-order chi connectivity index (χ1) is 10.0. The van der Waals surface area contributed by atoms with Gasteiger partial charge in [0.25, 0.3) is 0 Å². The zero-order valence-electron chi connectivity index (χ0n) is 11.1. The molecule has 4 atom stereocenters. The lowest BCUT2D eigenvalue weighted by atomic mass is 9.94. The molecule has 8 heteroatoms. The number of nitrogens with two attached hydrogens (primary N) is 1. The molecule has 0 saturated carbocycles. The van der Waals surface area contributed by atoms with Gasteiger partial charge in [0.1, 0.15) is 30.0 Å². The van der Waals surface area contributed by atoms with Crippen molar-refractivity contribution in [2.45, 2.75) is 24.0 Å². The first kappa shape index (κ1) is 14.0. The van der Waals surface area contributed by atoms with Crippen molar-refractivity contribution in [3.63, 3.8) is 0 Å². The number of fused-ring (bicyclic) bond motifs is 1. The molecule has 0 spiro atoms. The molecule has 2 aromatic rings. The Labute approximate surface area is 120 Å². The minimum Gasteiger partial charge on any atom is -0.394 e. The summed E-state index contributed by atoms with van der Waals surface area (Å²) in [5, 5.41) is 30.6. The van der Waals surface area contributed by atoms with Gasteiger partial charge in [0.2, 0.25) is 0 Å². The van der Waals surface area contributed by atoms with Crippen LogP contribution in [0, 0.1) is 0 Å². The summed E-state index contributed by atoms with van der Waals surface area (Å²) in [5.74, 6) is 0.304. The van der Waals surface area contributed by atoms with Crippen LogP contribution in [-0.2, 0) is 4.74 Å². The van der Waals surface area contributed by atoms with Crippen molar-refractivity contribution in [1.82, 2.24) is 14.5 Å². The van der Waals surface area contributed by atoms with Crippen molar-refractivity contribution in [3.05, 3.63) is 31.2 Å². The summed E-state index contributed by atoms with van der Waals surface area (Å²) in [4.78, 5) is 8.01. The molecule has 0 aliphatic carbocycles. The van der Waals surface area contributed by atoms with Crippen LogP contribution in [0.4, 0.5) is 5.82 Å². The minimum atomic E-state index is -1.75. The van der Waals surface area contributed by atoms with E-state index >= 15 is 0 Å². The largest absolute Gasteiger partial charge is 0.394 e. The summed E-state index contributed by atoms with van der Waals surface area (Å²) >= 11 is 0. The van der Waals surface area contributed by atoms with Crippen molar-refractivity contribution in [1.29, 1.82) is 0 Å². The Bertz CT molecular complexity index is 688. The highest BCUT2D eigenvalue weighted by Gasteiger charge is 2.54. The molecule has 5 N–H and O–H groups in total. The van der Waals surface area contributed by atoms with Crippen LogP contribution in [0.3, 0.4) is 0 Å². The van der Waals surface area contributed by atoms with E-state index in [0.717, 1.165) is 0 Å². The molecule has 1 saturated heterocycles. The van der Waals surface area contributed by atoms with E-state index in [4.69, 9.17) is 10.5 Å². The number of rotatable bonds is 3. The van der Waals surface area contributed by atoms with Crippen LogP contribution in [0.25, 0.3) is 11.0 Å². The molecule has 0 aromatic carbocycles. The predicted octanol–water partition coefficient (Wildman–Crippen LogP) is -0.819. The number of anilines is 1. The summed E-state index contributed by atoms with van der Waals surface area (Å²) < 4.78 is 7.10. The summed E-state index contributed by atoms with van der Waals surface area (Å²) in [6, 6.07) is 1.69. The van der Waals surface area contributed by atoms with Gasteiger partial charge in [0.15, 0.2) is 11.8 Å². The van der Waals surface area contributed by atoms with E-state index in [0.29, 0.717) is 16.9 Å². The molecule has 1 aliphatic heterocycles. The monoisotopic (exact) mass is 292 g/mol. The Hall–Kier alpha value is -2.00. The van der Waals surface area contributed by atoms with E-state index in [1.807, 2.05) is 0 Å². The average Bonchev–Trinajstić information content (AvgIpc) is 3.01. The first-order valence-corrected chi connectivity index (χ1v) is 6.40. The van der Waals surface area contributed by atoms with Gasteiger partial charge in [-0.05, 0) is 6.07 Å². The number of hydrogen-bond acceptors (Lipinski definition) is 7. The number of aliphatic hydroxyl groups is 3. The summed E-state index contributed by atoms with van der Waals surface area (Å²) in [7, 11) is 0. The highest BCUT2D eigenvalue weighted by atomic mass is 16.6. The normalized spacial score (nSPS) is 32.6. The topological polar surface area (TPSA) is 127 Å². The van der Waals surface area contributed by atoms with Gasteiger partial charge in [-0.15, -0.1) is 0 Å². The van der Waals surface area contributed by atoms with E-state index in [1.165, 1.54) is 17.0 Å². The Kier molecular flexibility index (Phi) is 3.18. The molecule has 3 heterocycles. The van der Waals surface area contributed by atoms with Crippen LogP contribution in [-0.4, -0.2) is 54.3 Å². The number of nitrogen functional groups attached to an aromatic ring is 1. The standard InChI is InChI=1S/C13H16N4O4/c1-2-13(20)9(19)8(5-18)21-12(13)17-4-3-7-10(14)15-6-16-11(7)17/h2-4,6,8-9,12,18-20H,1,5H2,(H2,14,15,16)/t8-,9-,12-,13-/m1/s1. The second-order valence-electron chi connectivity index (χ2n) is 4.96. The summed E-state index contributed by atoms with van der Waals surface area (Å²) in [5.41, 5.74) is 4.48. The second kappa shape index (κ2) is 4.78. The van der Waals surface area contributed by atoms with E-state index in [2.05, 4.69) is 16.5 Å². The molecule has 0 unspecified atom stereocenters. The molecule has 1 fully saturated rings. The third kappa shape index (κ3) is 1.84. The zero-order valence-corrected chi connectivity index (χ0v) is 11.1. The van der Waals surface area contributed by atoms with Gasteiger partial charge in [-0.2, -0.15) is 0 Å². The molecule has 0 radical (unpaired) electrons. The lowest BCUT2D eigenvalue weighted by molar-refractivity contribution is -0.0768. The maximum atomic E-state index is 10.6. The van der Waals surface area contributed by atoms with E-state index in [-0.39, 0.29) is 0 Å². The van der Waals surface area contributed by atoms with Gasteiger partial charge >= 0.3 is 0 Å². The second-order valence-corrected chi connectivity index (χ2v) is 4.96. The van der Waals surface area contributed by atoms with Crippen LogP contribution >= 0.6 is 0 Å². The maximum absolute atomic E-state index is 10.6. The quantitative estimate of drug-likeness (QED) is 0.544. The Morgan fingerprint density at radius 3 is 2.95 bits per heavy atom. The molecule has 1 aliphatic rings. The third-order valence-electron chi connectivity index (χ3n) is 3.82. The van der Waals surface area contributed by atoms with Crippen LogP contribution in [0.5, 0.6) is 0 Å². The number of nitrogens with zero attached hydrogens (tertiary/aromatic N) is 3. The third-order valence-corrected chi connectivity index (χ3v) is 3.82. The van der Waals surface area contributed by atoms with Gasteiger partial charge in [-0.3, -0.25) is 0 Å². The van der Waals surface area contributed by atoms with Crippen LogP contribution in [0.15, 0.2) is 31.2 Å². The van der Waals surface area contributed by atoms with Crippen molar-refractivity contribution in [2.24, 2.45) is 0 Å². The highest BCUT2D eigenvalue weighted by molar-refractivity contribution is 5.86. The minimum absolute atomic E-state index is 0.304. The van der Waals surface area contributed by atoms with Gasteiger partial charge < -0.3 is 30.4 Å². The van der Waals surface area contributed by atoms with Crippen molar-refractivity contribution in [2.75, 3.05) is 12.3 Å². The van der Waals surface area contributed by atoms with E-state index < -0.39 is 30.6 Å². The number of hydrogen-bond donors (Lipinski definition) is 4. The first-order valence-electron chi connectivity index (χ1n) is 6.40. The SMILES string of the molecule is C=C[C@@]1(O)[C@H](O)[C@@H](CO)O[C@H]1n1ccc2c(N)ncnc21. The van der Waals surface area contributed by atoms with E-state index in [1.54, 1.807) is 12.3 Å². The molecule has 0 amide bonds. The Morgan fingerprint density at radius 2 is 2.29 bits per heavy atom. The smallest absolute Gasteiger partial charge is 0.171 e. The predicted molar refractivity (Wildman–Crippen MR) is 74.1 cm³/mol. The van der Waals surface area contributed by atoms with Crippen molar-refractivity contribution >= 4 is 16.9 Å². The van der Waals surface area contributed by atoms with Gasteiger partial charge in [-0.25, -0.2) is 9.97 Å². The Morgan fingerprint density at radius 1 is 1.52 bits per heavy atom. The fourth-order valence-electron chi connectivity index (χ4n) is 2.63. The lowest BCUT2D eigenvalue weighted by Gasteiger charge is -2.28. The molecular weight excluding hydrogens is 276 g/mol. The summed E-state index contributed by atoms with van der Waals surface area (Å²) in [6.45, 7) is 3.12. The van der Waals surface area contributed by atoms with Crippen molar-refractivity contribution in [3.8, 4) is 0 Å². The van der Waals surface area contributed by atoms with Crippen molar-refractivity contribution < 1.29 is 20.1 Å². The summed E-state index contributed by atoms with van der Waals surface area (Å²) in [6.07, 6.45) is 0.927. The highest BCUT2D eigenvalue weighted by Crippen LogP contribution is 2.40. The van der Waals surface area contributed by atoms with Crippen LogP contribution in [0.1, 0.15) is 6.23 Å². The maximum Gasteiger partial charge on any atom is 0.171 e. The van der Waals surface area contributed by atoms with Gasteiger partial charge in [0.05, 0.1) is 12.0 Å². The fraction of sp³-hybridized carbons (Fsp3) is 0.385. The molecular formula is C13H16N4O4. The lowest BCUT2D eigenvalue weighted by Crippen LogP contribution is -2.45. The molecule has 8 nitrogen and oxygen atoms in total. The molecule has 3 rings (SSSR count). The van der Waals surface area contributed by atoms with Crippen LogP contribution < -0.4 is 5.73 Å². The molecule has 2 aromatic heterocycles. The van der Waals surface area contributed by atoms with E-state index in [9.17, 15) is 15.3 Å². The van der Waals surface area contributed by atoms with Crippen LogP contribution in [0.2, 0.25) is 0 Å². The molecule has 21 heavy (non-hydrogen) atoms. The number of aliphatic hydroxyl groups excluding tert-OH is 2. The molecule has 0 bridgehead atoms. The number of aromatic nitrogens is 3. The number of ether oxygens (including phenoxy) is 1. The van der Waals surface area contributed by atoms with Gasteiger partial charge in [0, 0.05) is 6.20 Å². The Balaban J connectivity index is 2.13. The average molecular weight is 292 g/mol. The molecule has 112 valence electrons. The fourth-order valence-corrected chi connectivity index (χ4v) is 2.63. The van der Waals surface area contributed by atoms with Gasteiger partial charge in [-0.1, -0.05) is 12.7 Å². The zero-order chi connectivity index (χ0) is 15.2.